The van der Waals surface area contributed by atoms with Crippen LogP contribution in [0.1, 0.15) is 57.8 Å². The lowest BCUT2D eigenvalue weighted by Gasteiger charge is -2.52. The molecule has 0 bridgehead atoms. The zero-order chi connectivity index (χ0) is 13.0. The molecule has 0 amide bonds. The van der Waals surface area contributed by atoms with E-state index in [9.17, 15) is 9.90 Å². The number of Topliss-reactive ketones (excluding diaryl/α,β-unsaturated/α-hetero) is 1. The van der Waals surface area contributed by atoms with Gasteiger partial charge in [0.05, 0.1) is 6.10 Å². The molecule has 0 heterocycles. The van der Waals surface area contributed by atoms with Crippen molar-refractivity contribution in [3.63, 3.8) is 0 Å². The zero-order valence-electron chi connectivity index (χ0n) is 11.8. The zero-order valence-corrected chi connectivity index (χ0v) is 11.8. The minimum atomic E-state index is -0.0257. The van der Waals surface area contributed by atoms with Crippen LogP contribution in [0.2, 0.25) is 0 Å². The largest absolute Gasteiger partial charge is 0.393 e. The molecule has 19 heavy (non-hydrogen) atoms. The first-order valence-electron chi connectivity index (χ1n) is 8.42. The molecule has 4 aliphatic rings. The first-order chi connectivity index (χ1) is 9.22. The van der Waals surface area contributed by atoms with Gasteiger partial charge in [-0.15, -0.1) is 0 Å². The van der Waals surface area contributed by atoms with Crippen molar-refractivity contribution in [2.24, 2.45) is 35.5 Å². The fourth-order valence-corrected chi connectivity index (χ4v) is 6.24. The fourth-order valence-electron chi connectivity index (χ4n) is 6.24. The summed E-state index contributed by atoms with van der Waals surface area (Å²) in [6, 6.07) is 0. The summed E-state index contributed by atoms with van der Waals surface area (Å²) in [5.41, 5.74) is 0. The van der Waals surface area contributed by atoms with Gasteiger partial charge in [0.15, 0.2) is 0 Å². The van der Waals surface area contributed by atoms with Gasteiger partial charge in [-0.05, 0) is 80.5 Å². The minimum Gasteiger partial charge on any atom is -0.393 e. The van der Waals surface area contributed by atoms with E-state index in [-0.39, 0.29) is 6.10 Å². The van der Waals surface area contributed by atoms with Crippen molar-refractivity contribution in [2.75, 3.05) is 0 Å². The highest BCUT2D eigenvalue weighted by atomic mass is 16.3. The third kappa shape index (κ3) is 1.98. The molecule has 7 atom stereocenters. The molecule has 4 rings (SSSR count). The highest BCUT2D eigenvalue weighted by molar-refractivity contribution is 5.81. The Morgan fingerprint density at radius 3 is 2.26 bits per heavy atom. The number of rotatable bonds is 0. The van der Waals surface area contributed by atoms with Crippen molar-refractivity contribution in [1.29, 1.82) is 0 Å². The lowest BCUT2D eigenvalue weighted by atomic mass is 9.53. The van der Waals surface area contributed by atoms with Crippen LogP contribution in [0.25, 0.3) is 0 Å². The molecule has 0 aromatic heterocycles. The molecule has 3 unspecified atom stereocenters. The Morgan fingerprint density at radius 1 is 0.737 bits per heavy atom. The van der Waals surface area contributed by atoms with Crippen LogP contribution in [-0.4, -0.2) is 17.0 Å². The smallest absolute Gasteiger partial charge is 0.133 e. The van der Waals surface area contributed by atoms with Gasteiger partial charge in [-0.3, -0.25) is 4.79 Å². The quantitative estimate of drug-likeness (QED) is 0.728. The predicted octanol–water partition coefficient (Wildman–Crippen LogP) is 3.18. The maximum atomic E-state index is 11.8. The molecule has 0 radical (unpaired) electrons. The number of carbonyl (C=O) groups is 1. The Balaban J connectivity index is 1.54. The summed E-state index contributed by atoms with van der Waals surface area (Å²) in [7, 11) is 0. The molecule has 0 saturated heterocycles. The number of aliphatic hydroxyl groups excluding tert-OH is 1. The number of ketones is 1. The van der Waals surface area contributed by atoms with E-state index in [4.69, 9.17) is 0 Å². The Bertz CT molecular complexity index is 377. The lowest BCUT2D eigenvalue weighted by molar-refractivity contribution is -0.117. The highest BCUT2D eigenvalue weighted by Gasteiger charge is 2.50. The van der Waals surface area contributed by atoms with Gasteiger partial charge in [-0.2, -0.15) is 0 Å². The summed E-state index contributed by atoms with van der Waals surface area (Å²) in [4.78, 5) is 11.8. The Kier molecular flexibility index (Phi) is 2.98. The maximum Gasteiger partial charge on any atom is 0.133 e. The molecular weight excluding hydrogens is 236 g/mol. The van der Waals surface area contributed by atoms with Gasteiger partial charge in [0.2, 0.25) is 0 Å². The van der Waals surface area contributed by atoms with E-state index in [1.807, 2.05) is 0 Å². The van der Waals surface area contributed by atoms with Gasteiger partial charge in [-0.1, -0.05) is 0 Å². The van der Waals surface area contributed by atoms with Gasteiger partial charge >= 0.3 is 0 Å². The fraction of sp³-hybridized carbons (Fsp3) is 0.941. The van der Waals surface area contributed by atoms with Gasteiger partial charge < -0.3 is 5.11 Å². The van der Waals surface area contributed by atoms with Crippen LogP contribution in [0.5, 0.6) is 0 Å². The topological polar surface area (TPSA) is 37.3 Å². The molecule has 106 valence electrons. The monoisotopic (exact) mass is 262 g/mol. The van der Waals surface area contributed by atoms with Crippen molar-refractivity contribution in [1.82, 2.24) is 0 Å². The van der Waals surface area contributed by atoms with Gasteiger partial charge in [0, 0.05) is 12.8 Å². The van der Waals surface area contributed by atoms with Crippen LogP contribution in [0.4, 0.5) is 0 Å². The number of fused-ring (bicyclic) bond motifs is 5. The van der Waals surface area contributed by atoms with Crippen molar-refractivity contribution >= 4 is 5.78 Å². The molecule has 0 aromatic carbocycles. The molecule has 4 fully saturated rings. The van der Waals surface area contributed by atoms with Crippen molar-refractivity contribution in [3.8, 4) is 0 Å². The average molecular weight is 262 g/mol. The number of carbonyl (C=O) groups excluding carboxylic acids is 1. The van der Waals surface area contributed by atoms with Crippen molar-refractivity contribution in [2.45, 2.75) is 63.9 Å². The van der Waals surface area contributed by atoms with Crippen LogP contribution in [-0.2, 0) is 4.79 Å². The Morgan fingerprint density at radius 2 is 1.42 bits per heavy atom. The Hall–Kier alpha value is -0.370. The number of hydrogen-bond donors (Lipinski definition) is 1. The first-order valence-corrected chi connectivity index (χ1v) is 8.42. The maximum absolute atomic E-state index is 11.8. The second-order valence-electron chi connectivity index (χ2n) is 7.74. The molecule has 0 spiro atoms. The van der Waals surface area contributed by atoms with Gasteiger partial charge in [0.25, 0.3) is 0 Å². The Labute approximate surface area is 116 Å². The SMILES string of the molecule is O=C1CC2CC[C@H]3C4CC[C@H](O)C[C@H]4CCC3[C@H]2C1. The molecule has 2 nitrogen and oxygen atoms in total. The van der Waals surface area contributed by atoms with Crippen LogP contribution in [0.3, 0.4) is 0 Å². The van der Waals surface area contributed by atoms with Crippen LogP contribution >= 0.6 is 0 Å². The van der Waals surface area contributed by atoms with E-state index >= 15 is 0 Å². The van der Waals surface area contributed by atoms with Crippen LogP contribution in [0.15, 0.2) is 0 Å². The van der Waals surface area contributed by atoms with E-state index in [0.717, 1.165) is 61.2 Å². The minimum absolute atomic E-state index is 0.0257. The summed E-state index contributed by atoms with van der Waals surface area (Å²) in [5.74, 6) is 5.41. The normalized spacial score (nSPS) is 53.3. The van der Waals surface area contributed by atoms with Gasteiger partial charge in [0.1, 0.15) is 5.78 Å². The molecule has 0 aromatic rings. The van der Waals surface area contributed by atoms with Crippen LogP contribution < -0.4 is 0 Å². The summed E-state index contributed by atoms with van der Waals surface area (Å²) in [6.45, 7) is 0. The highest BCUT2D eigenvalue weighted by Crippen LogP contribution is 2.57. The second kappa shape index (κ2) is 4.58. The predicted molar refractivity (Wildman–Crippen MR) is 73.5 cm³/mol. The van der Waals surface area contributed by atoms with E-state index in [2.05, 4.69) is 0 Å². The molecule has 4 saturated carbocycles. The molecule has 2 heteroatoms. The molecular formula is C17H26O2. The van der Waals surface area contributed by atoms with Crippen molar-refractivity contribution in [3.05, 3.63) is 0 Å². The lowest BCUT2D eigenvalue weighted by Crippen LogP contribution is -2.45. The third-order valence-electron chi connectivity index (χ3n) is 6.96. The number of aliphatic hydroxyl groups is 1. The van der Waals surface area contributed by atoms with E-state index in [1.165, 1.54) is 32.1 Å². The molecule has 1 N–H and O–H groups in total. The van der Waals surface area contributed by atoms with E-state index < -0.39 is 0 Å². The standard InChI is InChI=1S/C17H26O2/c18-12-3-6-14-10(7-12)1-5-16-15(14)4-2-11-8-13(19)9-17(11)16/h10-12,14-18H,1-9H2/t10-,11?,12+,14?,15+,16?,17+/m1/s1. The van der Waals surface area contributed by atoms with Crippen molar-refractivity contribution < 1.29 is 9.90 Å². The summed E-state index contributed by atoms with van der Waals surface area (Å²) >= 11 is 0. The number of hydrogen-bond acceptors (Lipinski definition) is 2. The third-order valence-corrected chi connectivity index (χ3v) is 6.96. The summed E-state index contributed by atoms with van der Waals surface area (Å²) < 4.78 is 0. The summed E-state index contributed by atoms with van der Waals surface area (Å²) in [5, 5.41) is 9.88. The van der Waals surface area contributed by atoms with E-state index in [0.29, 0.717) is 5.78 Å². The second-order valence-corrected chi connectivity index (χ2v) is 7.74. The van der Waals surface area contributed by atoms with E-state index in [1.54, 1.807) is 0 Å². The molecule has 4 aliphatic carbocycles. The van der Waals surface area contributed by atoms with Crippen LogP contribution in [0, 0.1) is 35.5 Å². The summed E-state index contributed by atoms with van der Waals surface area (Å²) in [6.07, 6.45) is 10.4. The van der Waals surface area contributed by atoms with Gasteiger partial charge in [-0.25, -0.2) is 0 Å². The first kappa shape index (κ1) is 12.4. The average Bonchev–Trinajstić information content (AvgIpc) is 2.78. The molecule has 0 aliphatic heterocycles.